The van der Waals surface area contributed by atoms with Gasteiger partial charge < -0.3 is 9.64 Å². The Morgan fingerprint density at radius 3 is 2.55 bits per heavy atom. The number of nitrogens with zero attached hydrogens (tertiary/aromatic N) is 1. The van der Waals surface area contributed by atoms with Crippen LogP contribution in [0.4, 0.5) is 0 Å². The van der Waals surface area contributed by atoms with Gasteiger partial charge in [0.25, 0.3) is 0 Å². The number of fused-ring (bicyclic) bond motifs is 1. The highest BCUT2D eigenvalue weighted by Gasteiger charge is 2.36. The summed E-state index contributed by atoms with van der Waals surface area (Å²) in [6.07, 6.45) is 2.28. The number of hydrogen-bond acceptors (Lipinski definition) is 3. The number of carbonyl (C=O) groups excluding carboxylic acids is 2. The Kier molecular flexibility index (Phi) is 3.47. The molecule has 0 bridgehead atoms. The lowest BCUT2D eigenvalue weighted by Gasteiger charge is -2.37. The van der Waals surface area contributed by atoms with Crippen LogP contribution in [-0.4, -0.2) is 37.0 Å². The summed E-state index contributed by atoms with van der Waals surface area (Å²) in [5.41, 5.74) is 2.46. The van der Waals surface area contributed by atoms with E-state index in [0.29, 0.717) is 25.9 Å². The molecule has 1 aromatic rings. The van der Waals surface area contributed by atoms with Crippen molar-refractivity contribution in [3.05, 3.63) is 35.4 Å². The molecular formula is C16H19NO3. The maximum absolute atomic E-state index is 12.5. The molecule has 1 atom stereocenters. The molecule has 106 valence electrons. The molecule has 0 aromatic heterocycles. The van der Waals surface area contributed by atoms with Crippen molar-refractivity contribution in [3.8, 4) is 0 Å². The van der Waals surface area contributed by atoms with Crippen LogP contribution in [0.3, 0.4) is 0 Å². The highest BCUT2D eigenvalue weighted by molar-refractivity contribution is 5.87. The van der Waals surface area contributed by atoms with Crippen molar-refractivity contribution < 1.29 is 14.3 Å². The first-order valence-electron chi connectivity index (χ1n) is 7.15. The predicted octanol–water partition coefficient (Wildman–Crippen LogP) is 1.74. The van der Waals surface area contributed by atoms with Gasteiger partial charge in [0.1, 0.15) is 0 Å². The van der Waals surface area contributed by atoms with Crippen molar-refractivity contribution in [1.29, 1.82) is 0 Å². The summed E-state index contributed by atoms with van der Waals surface area (Å²) >= 11 is 0. The summed E-state index contributed by atoms with van der Waals surface area (Å²) < 4.78 is 4.77. The molecule has 4 heteroatoms. The van der Waals surface area contributed by atoms with E-state index in [-0.39, 0.29) is 23.7 Å². The minimum atomic E-state index is -0.147. The first-order valence-corrected chi connectivity index (χ1v) is 7.15. The summed E-state index contributed by atoms with van der Waals surface area (Å²) in [5.74, 6) is 0.0525. The highest BCUT2D eigenvalue weighted by atomic mass is 16.5. The molecule has 1 saturated heterocycles. The molecule has 3 rings (SSSR count). The number of likely N-dealkylation sites (tertiary alicyclic amines) is 1. The van der Waals surface area contributed by atoms with Crippen LogP contribution >= 0.6 is 0 Å². The Hall–Kier alpha value is -1.84. The molecule has 1 aliphatic heterocycles. The van der Waals surface area contributed by atoms with Crippen molar-refractivity contribution in [2.45, 2.75) is 25.2 Å². The third-order valence-electron chi connectivity index (χ3n) is 4.49. The van der Waals surface area contributed by atoms with E-state index in [4.69, 9.17) is 4.74 Å². The van der Waals surface area contributed by atoms with Crippen molar-refractivity contribution >= 4 is 11.9 Å². The topological polar surface area (TPSA) is 46.6 Å². The van der Waals surface area contributed by atoms with E-state index in [1.807, 2.05) is 23.1 Å². The number of carbonyl (C=O) groups is 2. The lowest BCUT2D eigenvalue weighted by Crippen LogP contribution is -2.44. The molecule has 2 aliphatic rings. The molecule has 0 spiro atoms. The van der Waals surface area contributed by atoms with Gasteiger partial charge in [-0.15, -0.1) is 0 Å². The van der Waals surface area contributed by atoms with E-state index in [0.717, 1.165) is 6.42 Å². The van der Waals surface area contributed by atoms with E-state index in [1.165, 1.54) is 18.2 Å². The first-order chi connectivity index (χ1) is 9.70. The summed E-state index contributed by atoms with van der Waals surface area (Å²) in [7, 11) is 1.42. The minimum Gasteiger partial charge on any atom is -0.469 e. The van der Waals surface area contributed by atoms with Crippen molar-refractivity contribution in [1.82, 2.24) is 4.90 Å². The van der Waals surface area contributed by atoms with Gasteiger partial charge in [-0.1, -0.05) is 24.3 Å². The van der Waals surface area contributed by atoms with Crippen molar-refractivity contribution in [2.24, 2.45) is 5.92 Å². The molecule has 1 unspecified atom stereocenters. The molecule has 1 aromatic carbocycles. The van der Waals surface area contributed by atoms with Crippen molar-refractivity contribution in [2.75, 3.05) is 20.2 Å². The van der Waals surface area contributed by atoms with Crippen LogP contribution in [0.5, 0.6) is 0 Å². The Balaban J connectivity index is 1.60. The van der Waals surface area contributed by atoms with Gasteiger partial charge in [-0.05, 0) is 30.4 Å². The quantitative estimate of drug-likeness (QED) is 0.771. The van der Waals surface area contributed by atoms with Crippen molar-refractivity contribution in [3.63, 3.8) is 0 Å². The Morgan fingerprint density at radius 2 is 1.90 bits per heavy atom. The maximum atomic E-state index is 12.5. The van der Waals surface area contributed by atoms with Gasteiger partial charge in [0.15, 0.2) is 0 Å². The number of piperidine rings is 1. The van der Waals surface area contributed by atoms with Crippen LogP contribution in [0.1, 0.15) is 29.9 Å². The second kappa shape index (κ2) is 5.27. The highest BCUT2D eigenvalue weighted by Crippen LogP contribution is 2.36. The molecule has 1 fully saturated rings. The summed E-state index contributed by atoms with van der Waals surface area (Å²) in [4.78, 5) is 25.9. The van der Waals surface area contributed by atoms with Crippen LogP contribution in [-0.2, 0) is 20.7 Å². The fraction of sp³-hybridized carbons (Fsp3) is 0.500. The Morgan fingerprint density at radius 1 is 1.20 bits per heavy atom. The smallest absolute Gasteiger partial charge is 0.308 e. The molecule has 0 radical (unpaired) electrons. The van der Waals surface area contributed by atoms with Crippen LogP contribution in [0.15, 0.2) is 24.3 Å². The lowest BCUT2D eigenvalue weighted by molar-refractivity contribution is -0.149. The number of methoxy groups -OCH3 is 1. The number of rotatable bonds is 2. The third-order valence-corrected chi connectivity index (χ3v) is 4.49. The van der Waals surface area contributed by atoms with Gasteiger partial charge in [0.05, 0.1) is 18.9 Å². The van der Waals surface area contributed by atoms with E-state index in [1.54, 1.807) is 0 Å². The van der Waals surface area contributed by atoms with Gasteiger partial charge in [0.2, 0.25) is 5.91 Å². The number of esters is 1. The SMILES string of the molecule is COC(=O)C1CCN(C(=O)C2Cc3ccccc32)CC1. The summed E-state index contributed by atoms with van der Waals surface area (Å²) in [5, 5.41) is 0. The molecule has 4 nitrogen and oxygen atoms in total. The number of benzene rings is 1. The second-order valence-corrected chi connectivity index (χ2v) is 5.58. The van der Waals surface area contributed by atoms with Gasteiger partial charge in [0, 0.05) is 13.1 Å². The molecular weight excluding hydrogens is 254 g/mol. The average molecular weight is 273 g/mol. The zero-order chi connectivity index (χ0) is 14.1. The molecule has 1 amide bonds. The lowest BCUT2D eigenvalue weighted by atomic mass is 9.76. The third kappa shape index (κ3) is 2.19. The second-order valence-electron chi connectivity index (χ2n) is 5.58. The fourth-order valence-corrected chi connectivity index (χ4v) is 3.20. The van der Waals surface area contributed by atoms with E-state index in [9.17, 15) is 9.59 Å². The number of ether oxygens (including phenoxy) is 1. The minimum absolute atomic E-state index is 0.0286. The summed E-state index contributed by atoms with van der Waals surface area (Å²) in [6.45, 7) is 1.33. The molecule has 1 aliphatic carbocycles. The molecule has 0 saturated carbocycles. The average Bonchev–Trinajstić information content (AvgIpc) is 2.47. The van der Waals surface area contributed by atoms with Gasteiger partial charge in [-0.25, -0.2) is 0 Å². The summed E-state index contributed by atoms with van der Waals surface area (Å²) in [6, 6.07) is 8.13. The van der Waals surface area contributed by atoms with Gasteiger partial charge in [-0.3, -0.25) is 9.59 Å². The standard InChI is InChI=1S/C16H19NO3/c1-20-16(19)11-6-8-17(9-7-11)15(18)14-10-12-4-2-3-5-13(12)14/h2-5,11,14H,6-10H2,1H3. The monoisotopic (exact) mass is 273 g/mol. The largest absolute Gasteiger partial charge is 0.469 e. The maximum Gasteiger partial charge on any atom is 0.308 e. The van der Waals surface area contributed by atoms with Crippen LogP contribution in [0.25, 0.3) is 0 Å². The Bertz CT molecular complexity index is 532. The number of amides is 1. The van der Waals surface area contributed by atoms with E-state index in [2.05, 4.69) is 6.07 Å². The molecule has 20 heavy (non-hydrogen) atoms. The Labute approximate surface area is 118 Å². The van der Waals surface area contributed by atoms with Gasteiger partial charge in [-0.2, -0.15) is 0 Å². The predicted molar refractivity (Wildman–Crippen MR) is 74.2 cm³/mol. The normalized spacial score (nSPS) is 21.9. The number of hydrogen-bond donors (Lipinski definition) is 0. The van der Waals surface area contributed by atoms with E-state index >= 15 is 0 Å². The first kappa shape index (κ1) is 13.2. The van der Waals surface area contributed by atoms with E-state index < -0.39 is 0 Å². The van der Waals surface area contributed by atoms with Crippen LogP contribution < -0.4 is 0 Å². The zero-order valence-corrected chi connectivity index (χ0v) is 11.7. The van der Waals surface area contributed by atoms with Gasteiger partial charge >= 0.3 is 5.97 Å². The zero-order valence-electron chi connectivity index (χ0n) is 11.7. The van der Waals surface area contributed by atoms with Crippen LogP contribution in [0, 0.1) is 5.92 Å². The van der Waals surface area contributed by atoms with Crippen LogP contribution in [0.2, 0.25) is 0 Å². The molecule has 0 N–H and O–H groups in total. The molecule has 1 heterocycles. The fourth-order valence-electron chi connectivity index (χ4n) is 3.20.